The highest BCUT2D eigenvalue weighted by atomic mass is 16.2. The molecular weight excluding hydrogens is 240 g/mol. The van der Waals surface area contributed by atoms with E-state index in [1.807, 2.05) is 18.2 Å². The van der Waals surface area contributed by atoms with Gasteiger partial charge in [0.15, 0.2) is 0 Å². The SMILES string of the molecule is CC#CC(=O)NC1CCN(C(=O)c2ccccc2)C1. The zero-order valence-corrected chi connectivity index (χ0v) is 10.8. The van der Waals surface area contributed by atoms with Gasteiger partial charge in [0.1, 0.15) is 0 Å². The summed E-state index contributed by atoms with van der Waals surface area (Å²) in [7, 11) is 0. The van der Waals surface area contributed by atoms with Crippen LogP contribution in [0.3, 0.4) is 0 Å². The molecule has 0 aliphatic carbocycles. The molecular formula is C15H16N2O2. The molecule has 98 valence electrons. The lowest BCUT2D eigenvalue weighted by molar-refractivity contribution is -0.116. The summed E-state index contributed by atoms with van der Waals surface area (Å²) < 4.78 is 0. The van der Waals surface area contributed by atoms with Crippen molar-refractivity contribution in [1.82, 2.24) is 10.2 Å². The molecule has 19 heavy (non-hydrogen) atoms. The lowest BCUT2D eigenvalue weighted by Gasteiger charge is -2.16. The standard InChI is InChI=1S/C15H16N2O2/c1-2-6-14(18)16-13-9-10-17(11-13)15(19)12-7-4-3-5-8-12/h3-5,7-8,13H,9-11H2,1H3,(H,16,18). The van der Waals surface area contributed by atoms with E-state index < -0.39 is 0 Å². The van der Waals surface area contributed by atoms with Crippen LogP contribution >= 0.6 is 0 Å². The number of amides is 2. The van der Waals surface area contributed by atoms with Gasteiger partial charge in [0.05, 0.1) is 0 Å². The highest BCUT2D eigenvalue weighted by molar-refractivity contribution is 5.95. The number of hydrogen-bond acceptors (Lipinski definition) is 2. The Morgan fingerprint density at radius 1 is 1.32 bits per heavy atom. The molecule has 0 bridgehead atoms. The molecule has 1 aromatic rings. The Bertz CT molecular complexity index is 528. The van der Waals surface area contributed by atoms with Gasteiger partial charge in [-0.25, -0.2) is 0 Å². The second-order valence-electron chi connectivity index (χ2n) is 4.45. The quantitative estimate of drug-likeness (QED) is 0.804. The van der Waals surface area contributed by atoms with Gasteiger partial charge < -0.3 is 10.2 Å². The minimum absolute atomic E-state index is 0.000937. The Labute approximate surface area is 112 Å². The van der Waals surface area contributed by atoms with Gasteiger partial charge >= 0.3 is 0 Å². The average molecular weight is 256 g/mol. The molecule has 0 saturated carbocycles. The summed E-state index contributed by atoms with van der Waals surface area (Å²) in [6.45, 7) is 2.84. The predicted molar refractivity (Wildman–Crippen MR) is 72.3 cm³/mol. The Morgan fingerprint density at radius 2 is 2.05 bits per heavy atom. The van der Waals surface area contributed by atoms with Crippen LogP contribution in [0.2, 0.25) is 0 Å². The van der Waals surface area contributed by atoms with Crippen molar-refractivity contribution in [3.8, 4) is 11.8 Å². The highest BCUT2D eigenvalue weighted by Crippen LogP contribution is 2.13. The fourth-order valence-corrected chi connectivity index (χ4v) is 2.16. The second kappa shape index (κ2) is 6.05. The van der Waals surface area contributed by atoms with Crippen molar-refractivity contribution >= 4 is 11.8 Å². The summed E-state index contributed by atoms with van der Waals surface area (Å²) in [6.07, 6.45) is 0.774. The van der Waals surface area contributed by atoms with Gasteiger partial charge in [-0.05, 0) is 31.4 Å². The fraction of sp³-hybridized carbons (Fsp3) is 0.333. The van der Waals surface area contributed by atoms with E-state index in [9.17, 15) is 9.59 Å². The molecule has 1 aliphatic rings. The molecule has 4 nitrogen and oxygen atoms in total. The number of hydrogen-bond donors (Lipinski definition) is 1. The number of likely N-dealkylation sites (tertiary alicyclic amines) is 1. The van der Waals surface area contributed by atoms with E-state index in [1.165, 1.54) is 0 Å². The maximum atomic E-state index is 12.2. The molecule has 2 rings (SSSR count). The summed E-state index contributed by atoms with van der Waals surface area (Å²) >= 11 is 0. The van der Waals surface area contributed by atoms with Gasteiger partial charge in [-0.2, -0.15) is 0 Å². The van der Waals surface area contributed by atoms with Crippen molar-refractivity contribution in [2.75, 3.05) is 13.1 Å². The highest BCUT2D eigenvalue weighted by Gasteiger charge is 2.27. The summed E-state index contributed by atoms with van der Waals surface area (Å²) in [5.41, 5.74) is 0.683. The number of rotatable bonds is 2. The van der Waals surface area contributed by atoms with Gasteiger partial charge in [0.2, 0.25) is 0 Å². The number of nitrogens with zero attached hydrogens (tertiary/aromatic N) is 1. The van der Waals surface area contributed by atoms with Crippen molar-refractivity contribution < 1.29 is 9.59 Å². The first-order valence-corrected chi connectivity index (χ1v) is 6.28. The van der Waals surface area contributed by atoms with Gasteiger partial charge in [-0.3, -0.25) is 9.59 Å². The number of nitrogens with one attached hydrogen (secondary N) is 1. The summed E-state index contributed by atoms with van der Waals surface area (Å²) in [5, 5.41) is 2.81. The van der Waals surface area contributed by atoms with Crippen LogP contribution in [0.5, 0.6) is 0 Å². The molecule has 1 heterocycles. The first kappa shape index (κ1) is 13.2. The molecule has 1 saturated heterocycles. The molecule has 1 aromatic carbocycles. The first-order valence-electron chi connectivity index (χ1n) is 6.28. The van der Waals surface area contributed by atoms with E-state index in [0.29, 0.717) is 18.7 Å². The van der Waals surface area contributed by atoms with Crippen LogP contribution in [-0.4, -0.2) is 35.8 Å². The smallest absolute Gasteiger partial charge is 0.296 e. The normalized spacial score (nSPS) is 17.5. The summed E-state index contributed by atoms with van der Waals surface area (Å²) in [6, 6.07) is 9.18. The van der Waals surface area contributed by atoms with Gasteiger partial charge in [0.25, 0.3) is 11.8 Å². The first-order chi connectivity index (χ1) is 9.20. The van der Waals surface area contributed by atoms with Crippen LogP contribution in [0.15, 0.2) is 30.3 Å². The number of carbonyl (C=O) groups is 2. The Morgan fingerprint density at radius 3 is 2.74 bits per heavy atom. The fourth-order valence-electron chi connectivity index (χ4n) is 2.16. The number of carbonyl (C=O) groups excluding carboxylic acids is 2. The largest absolute Gasteiger partial charge is 0.341 e. The zero-order chi connectivity index (χ0) is 13.7. The summed E-state index contributed by atoms with van der Waals surface area (Å²) in [5.74, 6) is 4.74. The van der Waals surface area contributed by atoms with E-state index in [-0.39, 0.29) is 17.9 Å². The van der Waals surface area contributed by atoms with Crippen LogP contribution in [0.4, 0.5) is 0 Å². The van der Waals surface area contributed by atoms with Crippen LogP contribution in [0, 0.1) is 11.8 Å². The number of benzene rings is 1. The van der Waals surface area contributed by atoms with E-state index >= 15 is 0 Å². The second-order valence-corrected chi connectivity index (χ2v) is 4.45. The van der Waals surface area contributed by atoms with Gasteiger partial charge in [0, 0.05) is 24.7 Å². The Balaban J connectivity index is 1.93. The van der Waals surface area contributed by atoms with Crippen LogP contribution in [0.1, 0.15) is 23.7 Å². The Kier molecular flexibility index (Phi) is 4.19. The van der Waals surface area contributed by atoms with E-state index in [2.05, 4.69) is 17.2 Å². The van der Waals surface area contributed by atoms with Crippen LogP contribution < -0.4 is 5.32 Å². The third kappa shape index (κ3) is 3.35. The minimum Gasteiger partial charge on any atom is -0.341 e. The molecule has 4 heteroatoms. The molecule has 0 aromatic heterocycles. The Hall–Kier alpha value is -2.28. The molecule has 0 spiro atoms. The van der Waals surface area contributed by atoms with E-state index in [4.69, 9.17) is 0 Å². The maximum absolute atomic E-state index is 12.2. The van der Waals surface area contributed by atoms with Crippen LogP contribution in [-0.2, 0) is 4.79 Å². The van der Waals surface area contributed by atoms with Crippen molar-refractivity contribution in [2.45, 2.75) is 19.4 Å². The molecule has 1 N–H and O–H groups in total. The molecule has 1 unspecified atom stereocenters. The van der Waals surface area contributed by atoms with Crippen LogP contribution in [0.25, 0.3) is 0 Å². The topological polar surface area (TPSA) is 49.4 Å². The molecule has 0 radical (unpaired) electrons. The maximum Gasteiger partial charge on any atom is 0.296 e. The predicted octanol–water partition coefficient (Wildman–Crippen LogP) is 1.04. The molecule has 1 atom stereocenters. The van der Waals surface area contributed by atoms with Crippen molar-refractivity contribution in [3.63, 3.8) is 0 Å². The van der Waals surface area contributed by atoms with Crippen molar-refractivity contribution in [1.29, 1.82) is 0 Å². The minimum atomic E-state index is -0.276. The molecule has 1 fully saturated rings. The third-order valence-corrected chi connectivity index (χ3v) is 3.07. The molecule has 1 aliphatic heterocycles. The van der Waals surface area contributed by atoms with Gasteiger partial charge in [-0.1, -0.05) is 24.1 Å². The lowest BCUT2D eigenvalue weighted by atomic mass is 10.2. The average Bonchev–Trinajstić information content (AvgIpc) is 2.87. The molecule has 2 amide bonds. The lowest BCUT2D eigenvalue weighted by Crippen LogP contribution is -2.37. The van der Waals surface area contributed by atoms with E-state index in [1.54, 1.807) is 24.0 Å². The van der Waals surface area contributed by atoms with Crippen molar-refractivity contribution in [3.05, 3.63) is 35.9 Å². The van der Waals surface area contributed by atoms with Crippen molar-refractivity contribution in [2.24, 2.45) is 0 Å². The monoisotopic (exact) mass is 256 g/mol. The zero-order valence-electron chi connectivity index (χ0n) is 10.8. The third-order valence-electron chi connectivity index (χ3n) is 3.07. The van der Waals surface area contributed by atoms with Gasteiger partial charge in [-0.15, -0.1) is 0 Å². The summed E-state index contributed by atoms with van der Waals surface area (Å²) in [4.78, 5) is 25.3. The van der Waals surface area contributed by atoms with E-state index in [0.717, 1.165) is 6.42 Å².